The van der Waals surface area contributed by atoms with Crippen LogP contribution in [-0.4, -0.2) is 25.7 Å². The Morgan fingerprint density at radius 2 is 2.05 bits per heavy atom. The van der Waals surface area contributed by atoms with Crippen LogP contribution in [-0.2, 0) is 0 Å². The van der Waals surface area contributed by atoms with Gasteiger partial charge in [-0.25, -0.2) is 0 Å². The largest absolute Gasteiger partial charge is 0.368 e. The number of hydrogen-bond acceptors (Lipinski definition) is 5. The quantitative estimate of drug-likeness (QED) is 0.774. The molecule has 0 spiro atoms. The zero-order valence-electron chi connectivity index (χ0n) is 11.4. The van der Waals surface area contributed by atoms with Crippen molar-refractivity contribution < 1.29 is 4.79 Å². The molecule has 6 heteroatoms. The molecule has 3 aromatic rings. The van der Waals surface area contributed by atoms with E-state index >= 15 is 0 Å². The van der Waals surface area contributed by atoms with E-state index in [1.807, 2.05) is 31.2 Å². The van der Waals surface area contributed by atoms with Crippen LogP contribution in [0.15, 0.2) is 48.7 Å². The molecule has 0 unspecified atom stereocenters. The summed E-state index contributed by atoms with van der Waals surface area (Å²) in [6.07, 6.45) is 1.54. The van der Waals surface area contributed by atoms with Gasteiger partial charge >= 0.3 is 0 Å². The number of nitrogens with zero attached hydrogens (tertiary/aromatic N) is 4. The summed E-state index contributed by atoms with van der Waals surface area (Å²) in [6, 6.07) is 12.8. The molecule has 0 aliphatic heterocycles. The van der Waals surface area contributed by atoms with Gasteiger partial charge < -0.3 is 5.73 Å². The lowest BCUT2D eigenvalue weighted by atomic mass is 10.1. The number of aryl methyl sites for hydroxylation is 1. The third-order valence-electron chi connectivity index (χ3n) is 2.98. The number of carbonyl (C=O) groups is 1. The van der Waals surface area contributed by atoms with Crippen LogP contribution in [0.25, 0.3) is 11.4 Å². The number of hydrogen-bond donors (Lipinski definition) is 1. The van der Waals surface area contributed by atoms with Crippen molar-refractivity contribution in [1.29, 1.82) is 0 Å². The number of pyridine rings is 1. The maximum Gasteiger partial charge on any atom is 0.299 e. The van der Waals surface area contributed by atoms with Crippen LogP contribution in [0, 0.1) is 6.92 Å². The number of anilines is 1. The average molecular weight is 279 g/mol. The summed E-state index contributed by atoms with van der Waals surface area (Å²) >= 11 is 0. The molecule has 0 aliphatic rings. The first-order valence-corrected chi connectivity index (χ1v) is 6.40. The molecule has 2 heterocycles. The molecule has 2 N–H and O–H groups in total. The summed E-state index contributed by atoms with van der Waals surface area (Å²) in [5.74, 6) is 0.0575. The van der Waals surface area contributed by atoms with Crippen LogP contribution in [0.1, 0.15) is 16.1 Å². The molecule has 0 fully saturated rings. The molecular formula is C15H13N5O. The molecule has 0 aliphatic carbocycles. The van der Waals surface area contributed by atoms with Gasteiger partial charge in [0.1, 0.15) is 5.69 Å². The first-order valence-electron chi connectivity index (χ1n) is 6.40. The second-order valence-corrected chi connectivity index (χ2v) is 4.60. The maximum absolute atomic E-state index is 12.3. The second-order valence-electron chi connectivity index (χ2n) is 4.60. The topological polar surface area (TPSA) is 86.7 Å². The Bertz CT molecular complexity index is 795. The zero-order chi connectivity index (χ0) is 14.8. The molecule has 0 saturated carbocycles. The molecule has 0 bridgehead atoms. The number of carbonyl (C=O) groups excluding carboxylic acids is 1. The summed E-state index contributed by atoms with van der Waals surface area (Å²) in [5.41, 5.74) is 7.96. The van der Waals surface area contributed by atoms with E-state index in [0.29, 0.717) is 5.82 Å². The SMILES string of the molecule is Cc1cccc(-c2nc(N)n(C(=O)c3ccccn3)n2)c1. The fraction of sp³-hybridized carbons (Fsp3) is 0.0667. The number of nitrogens with two attached hydrogens (primary N) is 1. The molecule has 3 rings (SSSR count). The van der Waals surface area contributed by atoms with E-state index in [1.54, 1.807) is 24.4 Å². The summed E-state index contributed by atoms with van der Waals surface area (Å²) < 4.78 is 1.07. The molecule has 104 valence electrons. The van der Waals surface area contributed by atoms with E-state index in [2.05, 4.69) is 15.1 Å². The van der Waals surface area contributed by atoms with Gasteiger partial charge in [-0.1, -0.05) is 29.8 Å². The summed E-state index contributed by atoms with van der Waals surface area (Å²) in [6.45, 7) is 1.98. The van der Waals surface area contributed by atoms with Crippen molar-refractivity contribution >= 4 is 11.9 Å². The third-order valence-corrected chi connectivity index (χ3v) is 2.98. The lowest BCUT2D eigenvalue weighted by molar-refractivity contribution is 0.0943. The molecule has 0 radical (unpaired) electrons. The lowest BCUT2D eigenvalue weighted by Gasteiger charge is -1.99. The van der Waals surface area contributed by atoms with Gasteiger partial charge in [0.15, 0.2) is 5.82 Å². The Labute approximate surface area is 121 Å². The van der Waals surface area contributed by atoms with E-state index in [-0.39, 0.29) is 11.6 Å². The highest BCUT2D eigenvalue weighted by atomic mass is 16.2. The minimum Gasteiger partial charge on any atom is -0.368 e. The Morgan fingerprint density at radius 3 is 2.76 bits per heavy atom. The number of aromatic nitrogens is 4. The van der Waals surface area contributed by atoms with Gasteiger partial charge in [0, 0.05) is 11.8 Å². The molecule has 0 saturated heterocycles. The summed E-state index contributed by atoms with van der Waals surface area (Å²) in [5, 5.41) is 4.19. The Balaban J connectivity index is 2.01. The van der Waals surface area contributed by atoms with E-state index < -0.39 is 5.91 Å². The molecule has 6 nitrogen and oxygen atoms in total. The lowest BCUT2D eigenvalue weighted by Crippen LogP contribution is -2.17. The molecule has 21 heavy (non-hydrogen) atoms. The Morgan fingerprint density at radius 1 is 1.19 bits per heavy atom. The van der Waals surface area contributed by atoms with Gasteiger partial charge in [-0.05, 0) is 25.1 Å². The van der Waals surface area contributed by atoms with Crippen LogP contribution in [0.2, 0.25) is 0 Å². The fourth-order valence-corrected chi connectivity index (χ4v) is 1.98. The van der Waals surface area contributed by atoms with Crippen molar-refractivity contribution in [2.75, 3.05) is 5.73 Å². The van der Waals surface area contributed by atoms with Gasteiger partial charge in [-0.2, -0.15) is 9.67 Å². The van der Waals surface area contributed by atoms with Crippen molar-refractivity contribution in [2.24, 2.45) is 0 Å². The van der Waals surface area contributed by atoms with Gasteiger partial charge in [-0.15, -0.1) is 5.10 Å². The highest BCUT2D eigenvalue weighted by molar-refractivity contribution is 5.95. The average Bonchev–Trinajstić information content (AvgIpc) is 2.89. The van der Waals surface area contributed by atoms with Crippen LogP contribution in [0.3, 0.4) is 0 Å². The molecular weight excluding hydrogens is 266 g/mol. The summed E-state index contributed by atoms with van der Waals surface area (Å²) in [4.78, 5) is 20.4. The van der Waals surface area contributed by atoms with Gasteiger partial charge in [0.05, 0.1) is 0 Å². The Hall–Kier alpha value is -3.02. The zero-order valence-corrected chi connectivity index (χ0v) is 11.4. The Kier molecular flexibility index (Phi) is 3.19. The van der Waals surface area contributed by atoms with Gasteiger partial charge in [-0.3, -0.25) is 9.78 Å². The molecule has 2 aromatic heterocycles. The van der Waals surface area contributed by atoms with Crippen molar-refractivity contribution in [3.8, 4) is 11.4 Å². The maximum atomic E-state index is 12.3. The van der Waals surface area contributed by atoms with Crippen molar-refractivity contribution in [3.63, 3.8) is 0 Å². The minimum atomic E-state index is -0.403. The summed E-state index contributed by atoms with van der Waals surface area (Å²) in [7, 11) is 0. The highest BCUT2D eigenvalue weighted by Crippen LogP contribution is 2.18. The van der Waals surface area contributed by atoms with Crippen molar-refractivity contribution in [3.05, 3.63) is 59.9 Å². The van der Waals surface area contributed by atoms with Crippen LogP contribution >= 0.6 is 0 Å². The fourth-order valence-electron chi connectivity index (χ4n) is 1.98. The van der Waals surface area contributed by atoms with E-state index in [0.717, 1.165) is 15.8 Å². The van der Waals surface area contributed by atoms with Crippen LogP contribution < -0.4 is 5.73 Å². The first kappa shape index (κ1) is 13.0. The molecule has 0 amide bonds. The number of rotatable bonds is 2. The van der Waals surface area contributed by atoms with Gasteiger partial charge in [0.2, 0.25) is 5.95 Å². The van der Waals surface area contributed by atoms with Gasteiger partial charge in [0.25, 0.3) is 5.91 Å². The number of benzene rings is 1. The molecule has 0 atom stereocenters. The third kappa shape index (κ3) is 2.51. The second kappa shape index (κ2) is 5.16. The smallest absolute Gasteiger partial charge is 0.299 e. The van der Waals surface area contributed by atoms with E-state index in [9.17, 15) is 4.79 Å². The van der Waals surface area contributed by atoms with Crippen molar-refractivity contribution in [2.45, 2.75) is 6.92 Å². The minimum absolute atomic E-state index is 0.0437. The first-order chi connectivity index (χ1) is 10.1. The van der Waals surface area contributed by atoms with Crippen LogP contribution in [0.5, 0.6) is 0 Å². The van der Waals surface area contributed by atoms with Crippen LogP contribution in [0.4, 0.5) is 5.95 Å². The normalized spacial score (nSPS) is 10.5. The monoisotopic (exact) mass is 279 g/mol. The predicted octanol–water partition coefficient (Wildman–Crippen LogP) is 1.92. The van der Waals surface area contributed by atoms with E-state index in [1.165, 1.54) is 0 Å². The molecule has 1 aromatic carbocycles. The van der Waals surface area contributed by atoms with Crippen molar-refractivity contribution in [1.82, 2.24) is 19.7 Å². The van der Waals surface area contributed by atoms with E-state index in [4.69, 9.17) is 5.73 Å². The predicted molar refractivity (Wildman–Crippen MR) is 78.6 cm³/mol. The standard InChI is InChI=1S/C15H13N5O/c1-10-5-4-6-11(9-10)13-18-15(16)20(19-13)14(21)12-7-2-3-8-17-12/h2-9H,1H3,(H2,16,18,19). The number of nitrogen functional groups attached to an aromatic ring is 1. The highest BCUT2D eigenvalue weighted by Gasteiger charge is 2.17.